The van der Waals surface area contributed by atoms with E-state index in [1.165, 1.54) is 24.1 Å². The zero-order valence-electron chi connectivity index (χ0n) is 22.0. The fraction of sp³-hybridized carbons (Fsp3) is 0.500. The van der Waals surface area contributed by atoms with E-state index < -0.39 is 53.0 Å². The highest BCUT2D eigenvalue weighted by Gasteiger charge is 2.43. The molecule has 40 heavy (non-hydrogen) atoms. The Morgan fingerprint density at radius 3 is 1.90 bits per heavy atom. The Labute approximate surface area is 227 Å². The summed E-state index contributed by atoms with van der Waals surface area (Å²) < 4.78 is 94.0. The van der Waals surface area contributed by atoms with E-state index >= 15 is 0 Å². The van der Waals surface area contributed by atoms with Crippen molar-refractivity contribution < 1.29 is 40.3 Å². The highest BCUT2D eigenvalue weighted by Crippen LogP contribution is 2.39. The van der Waals surface area contributed by atoms with Crippen molar-refractivity contribution in [3.63, 3.8) is 0 Å². The van der Waals surface area contributed by atoms with Gasteiger partial charge in [-0.05, 0) is 48.7 Å². The molecule has 2 unspecified atom stereocenters. The minimum atomic E-state index is -5.06. The Bertz CT molecular complexity index is 1190. The normalized spacial score (nSPS) is 20.5. The first-order chi connectivity index (χ1) is 18.7. The van der Waals surface area contributed by atoms with E-state index in [1.807, 2.05) is 0 Å². The average Bonchev–Trinajstić information content (AvgIpc) is 3.36. The summed E-state index contributed by atoms with van der Waals surface area (Å²) in [6.07, 6.45) is -5.68. The second-order valence-electron chi connectivity index (χ2n) is 10.5. The van der Waals surface area contributed by atoms with Crippen molar-refractivity contribution in [2.24, 2.45) is 5.92 Å². The third kappa shape index (κ3) is 6.36. The lowest BCUT2D eigenvalue weighted by atomic mass is 9.88. The van der Waals surface area contributed by atoms with Gasteiger partial charge in [-0.25, -0.2) is 9.18 Å². The Balaban J connectivity index is 1.63. The van der Waals surface area contributed by atoms with Crippen LogP contribution in [-0.4, -0.2) is 55.0 Å². The Morgan fingerprint density at radius 1 is 0.825 bits per heavy atom. The van der Waals surface area contributed by atoms with Gasteiger partial charge in [0.05, 0.1) is 17.2 Å². The summed E-state index contributed by atoms with van der Waals surface area (Å²) in [4.78, 5) is 30.4. The summed E-state index contributed by atoms with van der Waals surface area (Å²) in [5.41, 5.74) is -2.99. The number of halogens is 7. The second kappa shape index (κ2) is 11.3. The first kappa shape index (κ1) is 29.7. The van der Waals surface area contributed by atoms with Crippen molar-refractivity contribution in [1.29, 1.82) is 0 Å². The van der Waals surface area contributed by atoms with Crippen LogP contribution in [0.3, 0.4) is 0 Å². The number of amides is 3. The van der Waals surface area contributed by atoms with Gasteiger partial charge in [-0.1, -0.05) is 31.4 Å². The van der Waals surface area contributed by atoms with Crippen molar-refractivity contribution in [2.75, 3.05) is 32.1 Å². The highest BCUT2D eigenvalue weighted by molar-refractivity contribution is 5.92. The fourth-order valence-electron chi connectivity index (χ4n) is 5.63. The number of hydrogen-bond acceptors (Lipinski definition) is 2. The van der Waals surface area contributed by atoms with Crippen LogP contribution in [0.5, 0.6) is 0 Å². The third-order valence-corrected chi connectivity index (χ3v) is 7.90. The van der Waals surface area contributed by atoms with Crippen LogP contribution in [0.15, 0.2) is 42.5 Å². The molecule has 5 nitrogen and oxygen atoms in total. The predicted octanol–water partition coefficient (Wildman–Crippen LogP) is 6.93. The number of hydrogen-bond donors (Lipinski definition) is 0. The molecule has 4 rings (SSSR count). The van der Waals surface area contributed by atoms with Gasteiger partial charge in [0.2, 0.25) is 5.91 Å². The van der Waals surface area contributed by atoms with Crippen LogP contribution < -0.4 is 4.90 Å². The van der Waals surface area contributed by atoms with Crippen LogP contribution in [0, 0.1) is 11.7 Å². The van der Waals surface area contributed by atoms with Gasteiger partial charge in [0.1, 0.15) is 5.82 Å². The molecule has 3 amide bonds. The van der Waals surface area contributed by atoms with Crippen molar-refractivity contribution in [3.8, 4) is 0 Å². The lowest BCUT2D eigenvalue weighted by Gasteiger charge is -2.33. The van der Waals surface area contributed by atoms with Crippen LogP contribution >= 0.6 is 0 Å². The minimum absolute atomic E-state index is 0.00180. The van der Waals surface area contributed by atoms with Crippen LogP contribution in [0.2, 0.25) is 0 Å². The SMILES string of the molecule is CN(C(=O)N(C)C1CN(C(=O)C2CCCCC2)CC1c1ccc(F)cc1)c1cc(C(F)(F)F)cc(C(F)(F)F)c1. The first-order valence-electron chi connectivity index (χ1n) is 13.0. The molecule has 0 aromatic heterocycles. The average molecular weight is 574 g/mol. The van der Waals surface area contributed by atoms with Crippen LogP contribution in [-0.2, 0) is 17.1 Å². The number of likely N-dealkylation sites (N-methyl/N-ethyl adjacent to an activating group) is 1. The molecule has 2 aromatic rings. The predicted molar refractivity (Wildman–Crippen MR) is 134 cm³/mol. The molecule has 2 aromatic carbocycles. The van der Waals surface area contributed by atoms with Crippen LogP contribution in [0.4, 0.5) is 41.2 Å². The maximum atomic E-state index is 13.6. The number of anilines is 1. The van der Waals surface area contributed by atoms with E-state index in [-0.39, 0.29) is 31.0 Å². The molecule has 1 saturated heterocycles. The molecule has 1 aliphatic heterocycles. The van der Waals surface area contributed by atoms with Gasteiger partial charge in [-0.15, -0.1) is 0 Å². The molecule has 218 valence electrons. The smallest absolute Gasteiger partial charge is 0.340 e. The summed E-state index contributed by atoms with van der Waals surface area (Å²) >= 11 is 0. The van der Waals surface area contributed by atoms with E-state index in [4.69, 9.17) is 0 Å². The molecule has 0 bridgehead atoms. The van der Waals surface area contributed by atoms with Gasteiger partial charge in [-0.2, -0.15) is 26.3 Å². The quantitative estimate of drug-likeness (QED) is 0.373. The maximum absolute atomic E-state index is 13.6. The van der Waals surface area contributed by atoms with Gasteiger partial charge in [0, 0.05) is 44.7 Å². The fourth-order valence-corrected chi connectivity index (χ4v) is 5.63. The molecular weight excluding hydrogens is 543 g/mol. The molecule has 0 N–H and O–H groups in total. The molecule has 0 radical (unpaired) electrons. The number of benzene rings is 2. The molecule has 1 heterocycles. The Kier molecular flexibility index (Phi) is 8.37. The third-order valence-electron chi connectivity index (χ3n) is 7.90. The van der Waals surface area contributed by atoms with E-state index in [2.05, 4.69) is 0 Å². The molecular formula is C28H30F7N3O2. The van der Waals surface area contributed by atoms with Crippen molar-refractivity contribution in [1.82, 2.24) is 9.80 Å². The summed E-state index contributed by atoms with van der Waals surface area (Å²) in [5, 5.41) is 0. The zero-order valence-corrected chi connectivity index (χ0v) is 22.0. The van der Waals surface area contributed by atoms with Crippen LogP contribution in [0.25, 0.3) is 0 Å². The number of carbonyl (C=O) groups excluding carboxylic acids is 2. The number of urea groups is 1. The van der Waals surface area contributed by atoms with Crippen molar-refractivity contribution in [3.05, 3.63) is 65.0 Å². The van der Waals surface area contributed by atoms with E-state index in [0.29, 0.717) is 17.7 Å². The van der Waals surface area contributed by atoms with Crippen LogP contribution in [0.1, 0.15) is 54.7 Å². The molecule has 0 spiro atoms. The zero-order chi connectivity index (χ0) is 29.4. The lowest BCUT2D eigenvalue weighted by Crippen LogP contribution is -2.48. The number of carbonyl (C=O) groups is 2. The van der Waals surface area contributed by atoms with Gasteiger partial charge < -0.3 is 9.80 Å². The molecule has 12 heteroatoms. The second-order valence-corrected chi connectivity index (χ2v) is 10.5. The van der Waals surface area contributed by atoms with E-state index in [9.17, 15) is 40.3 Å². The molecule has 2 fully saturated rings. The van der Waals surface area contributed by atoms with Crippen molar-refractivity contribution >= 4 is 17.6 Å². The largest absolute Gasteiger partial charge is 0.416 e. The molecule has 2 aliphatic rings. The summed E-state index contributed by atoms with van der Waals surface area (Å²) in [5.74, 6) is -1.10. The lowest BCUT2D eigenvalue weighted by molar-refractivity contribution is -0.143. The maximum Gasteiger partial charge on any atom is 0.416 e. The Morgan fingerprint density at radius 2 is 1.38 bits per heavy atom. The van der Waals surface area contributed by atoms with Crippen molar-refractivity contribution in [2.45, 2.75) is 56.4 Å². The van der Waals surface area contributed by atoms with Gasteiger partial charge in [0.15, 0.2) is 0 Å². The number of nitrogens with zero attached hydrogens (tertiary/aromatic N) is 3. The summed E-state index contributed by atoms with van der Waals surface area (Å²) in [6.45, 7) is 0.374. The van der Waals surface area contributed by atoms with E-state index in [0.717, 1.165) is 44.1 Å². The molecule has 1 aliphatic carbocycles. The first-order valence-corrected chi connectivity index (χ1v) is 13.0. The highest BCUT2D eigenvalue weighted by atomic mass is 19.4. The monoisotopic (exact) mass is 573 g/mol. The number of alkyl halides is 6. The topological polar surface area (TPSA) is 43.9 Å². The minimum Gasteiger partial charge on any atom is -0.340 e. The molecule has 2 atom stereocenters. The summed E-state index contributed by atoms with van der Waals surface area (Å²) in [7, 11) is 2.49. The molecule has 1 saturated carbocycles. The number of rotatable bonds is 4. The van der Waals surface area contributed by atoms with Gasteiger partial charge in [-0.3, -0.25) is 9.69 Å². The van der Waals surface area contributed by atoms with Gasteiger partial charge >= 0.3 is 18.4 Å². The Hall–Kier alpha value is -3.31. The standard InChI is InChI=1S/C28H30F7N3O2/c1-36(22-13-19(27(30,31)32)12-20(14-22)28(33,34)35)26(40)37(2)24-16-38(25(39)18-6-4-3-5-7-18)15-23(24)17-8-10-21(29)11-9-17/h8-14,18,23-24H,3-7,15-16H2,1-2H3. The van der Waals surface area contributed by atoms with E-state index in [1.54, 1.807) is 17.0 Å². The van der Waals surface area contributed by atoms with Gasteiger partial charge in [0.25, 0.3) is 0 Å². The summed E-state index contributed by atoms with van der Waals surface area (Å²) in [6, 6.07) is 5.09. The number of likely N-dealkylation sites (tertiary alicyclic amines) is 1.